The molecular formula is C28H24ClN3O5. The van der Waals surface area contributed by atoms with Crippen molar-refractivity contribution in [3.8, 4) is 17.1 Å². The van der Waals surface area contributed by atoms with Crippen LogP contribution in [-0.4, -0.2) is 28.7 Å². The summed E-state index contributed by atoms with van der Waals surface area (Å²) in [6.45, 7) is 5.88. The van der Waals surface area contributed by atoms with Gasteiger partial charge in [0, 0.05) is 35.8 Å². The van der Waals surface area contributed by atoms with E-state index in [0.717, 1.165) is 11.1 Å². The molecule has 37 heavy (non-hydrogen) atoms. The number of nitrogens with two attached hydrogens (primary N) is 1. The SMILES string of the molecule is Cc1cc([C@@H](C)Oc2ccc(Cl)nc2C(N)=O)c2oc(-c3ccc4c(c3)CN(C)C4=O)c(C)c(=O)c2c1. The standard InChI is InChI=1S/C28H24ClN3O5/c1-13-9-19(15(3)36-21-7-8-22(29)31-23(21)27(30)34)26-20(10-13)24(33)14(2)25(37-26)16-5-6-18-17(11-16)12-32(4)28(18)35/h5-11,15H,12H2,1-4H3,(H2,30,34)/t15-/m1/s1. The van der Waals surface area contributed by atoms with Gasteiger partial charge in [-0.2, -0.15) is 0 Å². The van der Waals surface area contributed by atoms with Gasteiger partial charge in [0.2, 0.25) is 0 Å². The highest BCUT2D eigenvalue weighted by Crippen LogP contribution is 2.35. The molecule has 0 radical (unpaired) electrons. The van der Waals surface area contributed by atoms with Gasteiger partial charge in [-0.1, -0.05) is 17.7 Å². The second-order valence-corrected chi connectivity index (χ2v) is 9.64. The Hall–Kier alpha value is -4.17. The van der Waals surface area contributed by atoms with Crippen LogP contribution in [0.2, 0.25) is 5.15 Å². The van der Waals surface area contributed by atoms with E-state index in [4.69, 9.17) is 26.5 Å². The van der Waals surface area contributed by atoms with Crippen molar-refractivity contribution in [3.63, 3.8) is 0 Å². The molecule has 0 saturated carbocycles. The highest BCUT2D eigenvalue weighted by Gasteiger charge is 2.26. The molecule has 2 N–H and O–H groups in total. The number of aromatic nitrogens is 1. The van der Waals surface area contributed by atoms with Gasteiger partial charge in [0.25, 0.3) is 11.8 Å². The first-order valence-electron chi connectivity index (χ1n) is 11.6. The van der Waals surface area contributed by atoms with Crippen LogP contribution in [-0.2, 0) is 6.54 Å². The van der Waals surface area contributed by atoms with Crippen molar-refractivity contribution >= 4 is 34.4 Å². The number of nitrogens with zero attached hydrogens (tertiary/aromatic N) is 2. The van der Waals surface area contributed by atoms with E-state index in [0.29, 0.717) is 45.5 Å². The lowest BCUT2D eigenvalue weighted by atomic mass is 9.98. The molecule has 1 atom stereocenters. The van der Waals surface area contributed by atoms with E-state index in [9.17, 15) is 14.4 Å². The number of benzene rings is 2. The van der Waals surface area contributed by atoms with Crippen LogP contribution in [0.4, 0.5) is 0 Å². The third kappa shape index (κ3) is 4.23. The largest absolute Gasteiger partial charge is 0.483 e. The minimum Gasteiger partial charge on any atom is -0.483 e. The van der Waals surface area contributed by atoms with Crippen molar-refractivity contribution in [1.29, 1.82) is 0 Å². The number of carbonyl (C=O) groups is 2. The number of hydrogen-bond acceptors (Lipinski definition) is 6. The molecular weight excluding hydrogens is 494 g/mol. The summed E-state index contributed by atoms with van der Waals surface area (Å²) in [6.07, 6.45) is -0.631. The Morgan fingerprint density at radius 1 is 1.16 bits per heavy atom. The number of fused-ring (bicyclic) bond motifs is 2. The molecule has 0 bridgehead atoms. The van der Waals surface area contributed by atoms with Gasteiger partial charge in [-0.15, -0.1) is 0 Å². The van der Waals surface area contributed by atoms with Crippen molar-refractivity contribution in [2.45, 2.75) is 33.4 Å². The number of carbonyl (C=O) groups excluding carboxylic acids is 2. The predicted molar refractivity (Wildman–Crippen MR) is 140 cm³/mol. The van der Waals surface area contributed by atoms with E-state index in [2.05, 4.69) is 4.98 Å². The number of halogens is 1. The minimum atomic E-state index is -0.774. The maximum absolute atomic E-state index is 13.5. The molecule has 1 aliphatic heterocycles. The lowest BCUT2D eigenvalue weighted by Gasteiger charge is -2.19. The summed E-state index contributed by atoms with van der Waals surface area (Å²) in [5.41, 5.74) is 9.75. The van der Waals surface area contributed by atoms with Crippen LogP contribution in [0.15, 0.2) is 51.7 Å². The molecule has 4 aromatic rings. The summed E-state index contributed by atoms with van der Waals surface area (Å²) in [5, 5.41) is 0.537. The normalized spacial score (nSPS) is 13.6. The fourth-order valence-corrected chi connectivity index (χ4v) is 4.85. The van der Waals surface area contributed by atoms with Crippen molar-refractivity contribution in [2.75, 3.05) is 7.05 Å². The maximum atomic E-state index is 13.5. The predicted octanol–water partition coefficient (Wildman–Crippen LogP) is 4.95. The average Bonchev–Trinajstić information content (AvgIpc) is 3.14. The smallest absolute Gasteiger partial charge is 0.271 e. The lowest BCUT2D eigenvalue weighted by Crippen LogP contribution is -2.17. The van der Waals surface area contributed by atoms with Crippen LogP contribution in [0.1, 0.15) is 56.1 Å². The Labute approximate surface area is 217 Å². The van der Waals surface area contributed by atoms with E-state index < -0.39 is 12.0 Å². The number of pyridine rings is 1. The molecule has 0 aliphatic carbocycles. The fourth-order valence-electron chi connectivity index (χ4n) is 4.70. The van der Waals surface area contributed by atoms with Gasteiger partial charge in [-0.3, -0.25) is 14.4 Å². The Morgan fingerprint density at radius 3 is 2.65 bits per heavy atom. The Morgan fingerprint density at radius 2 is 1.92 bits per heavy atom. The second kappa shape index (κ2) is 9.05. The average molecular weight is 518 g/mol. The molecule has 5 rings (SSSR count). The number of ether oxygens (including phenoxy) is 1. The van der Waals surface area contributed by atoms with Gasteiger partial charge in [-0.25, -0.2) is 4.98 Å². The number of amides is 2. The molecule has 8 nitrogen and oxygen atoms in total. The molecule has 2 aromatic heterocycles. The molecule has 188 valence electrons. The first-order valence-corrected chi connectivity index (χ1v) is 12.0. The van der Waals surface area contributed by atoms with E-state index >= 15 is 0 Å². The van der Waals surface area contributed by atoms with E-state index in [-0.39, 0.29) is 27.9 Å². The molecule has 1 aliphatic rings. The monoisotopic (exact) mass is 517 g/mol. The summed E-state index contributed by atoms with van der Waals surface area (Å²) in [7, 11) is 1.75. The van der Waals surface area contributed by atoms with Crippen LogP contribution in [0.25, 0.3) is 22.3 Å². The Kier molecular flexibility index (Phi) is 6.00. The zero-order valence-electron chi connectivity index (χ0n) is 20.7. The van der Waals surface area contributed by atoms with Crippen LogP contribution in [0.3, 0.4) is 0 Å². The van der Waals surface area contributed by atoms with Crippen molar-refractivity contribution in [2.24, 2.45) is 5.73 Å². The van der Waals surface area contributed by atoms with Gasteiger partial charge in [0.1, 0.15) is 22.6 Å². The van der Waals surface area contributed by atoms with Crippen LogP contribution in [0, 0.1) is 13.8 Å². The summed E-state index contributed by atoms with van der Waals surface area (Å²) >= 11 is 5.93. The quantitative estimate of drug-likeness (QED) is 0.374. The van der Waals surface area contributed by atoms with E-state index in [1.807, 2.05) is 19.1 Å². The number of aryl methyl sites for hydroxylation is 1. The summed E-state index contributed by atoms with van der Waals surface area (Å²) in [6, 6.07) is 12.1. The van der Waals surface area contributed by atoms with E-state index in [1.54, 1.807) is 44.0 Å². The maximum Gasteiger partial charge on any atom is 0.271 e. The molecule has 0 unspecified atom stereocenters. The lowest BCUT2D eigenvalue weighted by molar-refractivity contribution is 0.0816. The summed E-state index contributed by atoms with van der Waals surface area (Å²) in [5.74, 6) is -0.218. The molecule has 3 heterocycles. The first kappa shape index (κ1) is 24.5. The van der Waals surface area contributed by atoms with Gasteiger partial charge in [0.15, 0.2) is 16.9 Å². The number of hydrogen-bond donors (Lipinski definition) is 1. The van der Waals surface area contributed by atoms with Crippen LogP contribution in [0.5, 0.6) is 5.75 Å². The van der Waals surface area contributed by atoms with Gasteiger partial charge >= 0.3 is 0 Å². The van der Waals surface area contributed by atoms with Crippen LogP contribution < -0.4 is 15.9 Å². The third-order valence-corrected chi connectivity index (χ3v) is 6.75. The molecule has 0 saturated heterocycles. The molecule has 0 spiro atoms. The van der Waals surface area contributed by atoms with Crippen molar-refractivity contribution in [3.05, 3.63) is 91.4 Å². The van der Waals surface area contributed by atoms with Crippen molar-refractivity contribution < 1.29 is 18.7 Å². The topological polar surface area (TPSA) is 116 Å². The van der Waals surface area contributed by atoms with Gasteiger partial charge in [0.05, 0.1) is 5.39 Å². The fraction of sp³-hybridized carbons (Fsp3) is 0.214. The molecule has 0 fully saturated rings. The Bertz CT molecular complexity index is 1680. The van der Waals surface area contributed by atoms with Crippen LogP contribution >= 0.6 is 11.6 Å². The minimum absolute atomic E-state index is 0.0333. The molecule has 2 amide bonds. The molecule has 2 aromatic carbocycles. The molecule has 9 heteroatoms. The van der Waals surface area contributed by atoms with Gasteiger partial charge < -0.3 is 19.8 Å². The van der Waals surface area contributed by atoms with E-state index in [1.165, 1.54) is 12.1 Å². The summed E-state index contributed by atoms with van der Waals surface area (Å²) < 4.78 is 12.5. The third-order valence-electron chi connectivity index (χ3n) is 6.54. The second-order valence-electron chi connectivity index (χ2n) is 9.25. The Balaban J connectivity index is 1.65. The highest BCUT2D eigenvalue weighted by atomic mass is 35.5. The van der Waals surface area contributed by atoms with Crippen molar-refractivity contribution in [1.82, 2.24) is 9.88 Å². The highest BCUT2D eigenvalue weighted by molar-refractivity contribution is 6.29. The summed E-state index contributed by atoms with van der Waals surface area (Å²) in [4.78, 5) is 43.3. The van der Waals surface area contributed by atoms with Gasteiger partial charge in [-0.05, 0) is 68.3 Å². The number of rotatable bonds is 5. The number of primary amides is 1. The first-order chi connectivity index (χ1) is 17.5. The zero-order chi connectivity index (χ0) is 26.6. The zero-order valence-corrected chi connectivity index (χ0v) is 21.5.